The number of nitrogens with zero attached hydrogens (tertiary/aromatic N) is 3. The quantitative estimate of drug-likeness (QED) is 0.821. The maximum Gasteiger partial charge on any atom is 0.253 e. The van der Waals surface area contributed by atoms with E-state index < -0.39 is 10.0 Å². The number of nitriles is 1. The van der Waals surface area contributed by atoms with Gasteiger partial charge >= 0.3 is 0 Å². The Hall–Kier alpha value is -3.22. The van der Waals surface area contributed by atoms with Gasteiger partial charge in [0.1, 0.15) is 6.07 Å². The van der Waals surface area contributed by atoms with Crippen LogP contribution in [0.15, 0.2) is 53.4 Å². The number of carbonyl (C=O) groups is 2. The third kappa shape index (κ3) is 4.45. The molecular formula is C20H20N4O4S. The van der Waals surface area contributed by atoms with E-state index in [2.05, 4.69) is 5.32 Å². The minimum Gasteiger partial charge on any atom is -0.336 e. The van der Waals surface area contributed by atoms with E-state index in [0.29, 0.717) is 11.3 Å². The van der Waals surface area contributed by atoms with E-state index >= 15 is 0 Å². The molecule has 0 spiro atoms. The highest BCUT2D eigenvalue weighted by atomic mass is 32.2. The summed E-state index contributed by atoms with van der Waals surface area (Å²) in [7, 11) is -3.80. The van der Waals surface area contributed by atoms with E-state index in [9.17, 15) is 23.3 Å². The van der Waals surface area contributed by atoms with Gasteiger partial charge in [-0.25, -0.2) is 8.42 Å². The first-order chi connectivity index (χ1) is 13.8. The van der Waals surface area contributed by atoms with Gasteiger partial charge in [-0.1, -0.05) is 12.1 Å². The van der Waals surface area contributed by atoms with Crippen molar-refractivity contribution in [2.45, 2.75) is 11.8 Å². The molecule has 0 unspecified atom stereocenters. The first-order valence-corrected chi connectivity index (χ1v) is 10.4. The molecule has 2 amide bonds. The molecule has 0 radical (unpaired) electrons. The smallest absolute Gasteiger partial charge is 0.253 e. The van der Waals surface area contributed by atoms with Gasteiger partial charge in [-0.2, -0.15) is 9.57 Å². The summed E-state index contributed by atoms with van der Waals surface area (Å²) in [5.74, 6) is -0.395. The summed E-state index contributed by atoms with van der Waals surface area (Å²) in [6.45, 7) is 2.21. The van der Waals surface area contributed by atoms with E-state index in [4.69, 9.17) is 0 Å². The molecule has 1 aliphatic heterocycles. The van der Waals surface area contributed by atoms with Crippen molar-refractivity contribution in [3.63, 3.8) is 0 Å². The second-order valence-electron chi connectivity index (χ2n) is 6.56. The van der Waals surface area contributed by atoms with Gasteiger partial charge in [0.25, 0.3) is 5.91 Å². The van der Waals surface area contributed by atoms with Crippen LogP contribution in [0, 0.1) is 11.3 Å². The largest absolute Gasteiger partial charge is 0.336 e. The van der Waals surface area contributed by atoms with Gasteiger partial charge in [0.05, 0.1) is 10.5 Å². The Morgan fingerprint density at radius 3 is 2.21 bits per heavy atom. The number of amides is 2. The standard InChI is InChI=1S/C20H20N4O4S/c1-15(25)22-18-8-6-16(7-9-18)20(26)23-10-12-24(13-11-23)29(27,28)19-5-3-2-4-17(19)14-21/h2-9H,10-13H2,1H3,(H,22,25). The molecule has 0 aliphatic carbocycles. The van der Waals surface area contributed by atoms with Gasteiger partial charge < -0.3 is 10.2 Å². The molecule has 8 nitrogen and oxygen atoms in total. The van der Waals surface area contributed by atoms with Crippen LogP contribution in [-0.2, 0) is 14.8 Å². The highest BCUT2D eigenvalue weighted by Gasteiger charge is 2.31. The third-order valence-electron chi connectivity index (χ3n) is 4.60. The molecule has 0 aromatic heterocycles. The Labute approximate surface area is 169 Å². The van der Waals surface area contributed by atoms with E-state index in [0.717, 1.165) is 0 Å². The SMILES string of the molecule is CC(=O)Nc1ccc(C(=O)N2CCN(S(=O)(=O)c3ccccc3C#N)CC2)cc1. The van der Waals surface area contributed by atoms with Crippen molar-refractivity contribution in [3.8, 4) is 6.07 Å². The Balaban J connectivity index is 1.68. The molecule has 0 atom stereocenters. The van der Waals surface area contributed by atoms with Crippen LogP contribution >= 0.6 is 0 Å². The summed E-state index contributed by atoms with van der Waals surface area (Å²) in [4.78, 5) is 25.3. The topological polar surface area (TPSA) is 111 Å². The lowest BCUT2D eigenvalue weighted by Gasteiger charge is -2.34. The van der Waals surface area contributed by atoms with Crippen molar-refractivity contribution < 1.29 is 18.0 Å². The van der Waals surface area contributed by atoms with Crippen LogP contribution in [-0.4, -0.2) is 55.6 Å². The highest BCUT2D eigenvalue weighted by Crippen LogP contribution is 2.22. The van der Waals surface area contributed by atoms with E-state index in [1.165, 1.54) is 23.4 Å². The van der Waals surface area contributed by atoms with Crippen molar-refractivity contribution in [1.82, 2.24) is 9.21 Å². The Bertz CT molecular complexity index is 1070. The molecule has 2 aromatic rings. The molecule has 1 fully saturated rings. The second kappa shape index (κ2) is 8.43. The predicted octanol–water partition coefficient (Wildman–Crippen LogP) is 1.66. The van der Waals surface area contributed by atoms with Crippen LogP contribution in [0.3, 0.4) is 0 Å². The van der Waals surface area contributed by atoms with Crippen LogP contribution in [0.4, 0.5) is 5.69 Å². The summed E-state index contributed by atoms with van der Waals surface area (Å²) in [5, 5.41) is 11.8. The van der Waals surface area contributed by atoms with Gasteiger partial charge in [-0.3, -0.25) is 9.59 Å². The minimum atomic E-state index is -3.80. The molecule has 0 bridgehead atoms. The van der Waals surface area contributed by atoms with Crippen LogP contribution < -0.4 is 5.32 Å². The van der Waals surface area contributed by atoms with Crippen LogP contribution in [0.5, 0.6) is 0 Å². The molecule has 1 saturated heterocycles. The number of carbonyl (C=O) groups excluding carboxylic acids is 2. The number of hydrogen-bond donors (Lipinski definition) is 1. The number of benzene rings is 2. The van der Waals surface area contributed by atoms with E-state index in [1.54, 1.807) is 41.3 Å². The van der Waals surface area contributed by atoms with Crippen LogP contribution in [0.1, 0.15) is 22.8 Å². The number of nitrogens with one attached hydrogen (secondary N) is 1. The zero-order valence-electron chi connectivity index (χ0n) is 15.8. The summed E-state index contributed by atoms with van der Waals surface area (Å²) in [6.07, 6.45) is 0. The molecular weight excluding hydrogens is 392 g/mol. The average molecular weight is 412 g/mol. The monoisotopic (exact) mass is 412 g/mol. The molecule has 3 rings (SSSR count). The normalized spacial score (nSPS) is 14.8. The lowest BCUT2D eigenvalue weighted by molar-refractivity contribution is -0.114. The molecule has 2 aromatic carbocycles. The maximum atomic E-state index is 12.9. The van der Waals surface area contributed by atoms with Gasteiger partial charge in [0.15, 0.2) is 0 Å². The van der Waals surface area contributed by atoms with Gasteiger partial charge in [0.2, 0.25) is 15.9 Å². The first kappa shape index (κ1) is 20.5. The average Bonchev–Trinajstić information content (AvgIpc) is 2.73. The van der Waals surface area contributed by atoms with E-state index in [-0.39, 0.29) is 48.5 Å². The van der Waals surface area contributed by atoms with Crippen LogP contribution in [0.25, 0.3) is 0 Å². The van der Waals surface area contributed by atoms with Gasteiger partial charge in [-0.15, -0.1) is 0 Å². The van der Waals surface area contributed by atoms with Gasteiger partial charge in [0, 0.05) is 44.4 Å². The lowest BCUT2D eigenvalue weighted by atomic mass is 10.1. The Morgan fingerprint density at radius 1 is 1.00 bits per heavy atom. The fraction of sp³-hybridized carbons (Fsp3) is 0.250. The van der Waals surface area contributed by atoms with Gasteiger partial charge in [-0.05, 0) is 36.4 Å². The molecule has 1 heterocycles. The second-order valence-corrected chi connectivity index (χ2v) is 8.47. The predicted molar refractivity (Wildman–Crippen MR) is 107 cm³/mol. The molecule has 1 aliphatic rings. The highest BCUT2D eigenvalue weighted by molar-refractivity contribution is 7.89. The number of hydrogen-bond acceptors (Lipinski definition) is 5. The summed E-state index contributed by atoms with van der Waals surface area (Å²) in [6, 6.07) is 14.5. The Kier molecular flexibility index (Phi) is 5.96. The van der Waals surface area contributed by atoms with Crippen molar-refractivity contribution >= 4 is 27.5 Å². The summed E-state index contributed by atoms with van der Waals surface area (Å²) in [5.41, 5.74) is 1.16. The van der Waals surface area contributed by atoms with Crippen molar-refractivity contribution in [3.05, 3.63) is 59.7 Å². The number of piperazine rings is 1. The number of anilines is 1. The molecule has 150 valence electrons. The molecule has 0 saturated carbocycles. The molecule has 9 heteroatoms. The first-order valence-electron chi connectivity index (χ1n) is 8.99. The number of sulfonamides is 1. The van der Waals surface area contributed by atoms with Crippen molar-refractivity contribution in [1.29, 1.82) is 5.26 Å². The third-order valence-corrected chi connectivity index (χ3v) is 6.56. The number of rotatable bonds is 4. The summed E-state index contributed by atoms with van der Waals surface area (Å²) < 4.78 is 27.1. The van der Waals surface area contributed by atoms with E-state index in [1.807, 2.05) is 6.07 Å². The molecule has 29 heavy (non-hydrogen) atoms. The van der Waals surface area contributed by atoms with Crippen molar-refractivity contribution in [2.24, 2.45) is 0 Å². The molecule has 1 N–H and O–H groups in total. The Morgan fingerprint density at radius 2 is 1.62 bits per heavy atom. The summed E-state index contributed by atoms with van der Waals surface area (Å²) >= 11 is 0. The van der Waals surface area contributed by atoms with Crippen molar-refractivity contribution in [2.75, 3.05) is 31.5 Å². The zero-order valence-corrected chi connectivity index (χ0v) is 16.6. The fourth-order valence-corrected chi connectivity index (χ4v) is 4.70. The zero-order chi connectivity index (χ0) is 21.0. The lowest BCUT2D eigenvalue weighted by Crippen LogP contribution is -2.50. The van der Waals surface area contributed by atoms with Crippen LogP contribution in [0.2, 0.25) is 0 Å². The fourth-order valence-electron chi connectivity index (χ4n) is 3.14. The maximum absolute atomic E-state index is 12.9. The minimum absolute atomic E-state index is 0.0177.